The van der Waals surface area contributed by atoms with Gasteiger partial charge < -0.3 is 14.2 Å². The summed E-state index contributed by atoms with van der Waals surface area (Å²) in [4.78, 5) is 2.44. The number of aryl methyl sites for hydroxylation is 2. The van der Waals surface area contributed by atoms with Crippen molar-refractivity contribution < 1.29 is 9.26 Å². The van der Waals surface area contributed by atoms with Crippen LogP contribution in [0.1, 0.15) is 36.8 Å². The van der Waals surface area contributed by atoms with Crippen molar-refractivity contribution in [2.75, 3.05) is 18.0 Å². The molecule has 0 spiro atoms. The van der Waals surface area contributed by atoms with Crippen LogP contribution in [0.25, 0.3) is 0 Å². The molecule has 0 bridgehead atoms. The highest BCUT2D eigenvalue weighted by Gasteiger charge is 2.19. The zero-order valence-corrected chi connectivity index (χ0v) is 13.6. The first-order valence-electron chi connectivity index (χ1n) is 8.03. The van der Waals surface area contributed by atoms with Crippen molar-refractivity contribution in [3.8, 4) is 5.75 Å². The number of hydrogen-bond donors (Lipinski definition) is 0. The molecular formula is C18H24N2O2. The van der Waals surface area contributed by atoms with E-state index in [0.29, 0.717) is 6.61 Å². The molecule has 4 nitrogen and oxygen atoms in total. The fourth-order valence-corrected chi connectivity index (χ4v) is 3.11. The zero-order valence-electron chi connectivity index (χ0n) is 13.6. The first-order valence-corrected chi connectivity index (χ1v) is 8.03. The van der Waals surface area contributed by atoms with E-state index in [1.54, 1.807) is 0 Å². The molecule has 0 saturated carbocycles. The number of hydrogen-bond acceptors (Lipinski definition) is 4. The molecule has 0 unspecified atom stereocenters. The minimum absolute atomic E-state index is 0.502. The lowest BCUT2D eigenvalue weighted by molar-refractivity contribution is 0.300. The van der Waals surface area contributed by atoms with Gasteiger partial charge in [0.05, 0.1) is 16.9 Å². The van der Waals surface area contributed by atoms with Gasteiger partial charge in [0.25, 0.3) is 0 Å². The predicted octanol–water partition coefficient (Wildman–Crippen LogP) is 4.11. The van der Waals surface area contributed by atoms with Gasteiger partial charge in [0.1, 0.15) is 18.1 Å². The molecular weight excluding hydrogens is 276 g/mol. The van der Waals surface area contributed by atoms with Crippen LogP contribution in [-0.2, 0) is 6.61 Å². The molecule has 1 saturated heterocycles. The van der Waals surface area contributed by atoms with Gasteiger partial charge in [0.15, 0.2) is 0 Å². The first-order chi connectivity index (χ1) is 10.6. The van der Waals surface area contributed by atoms with Gasteiger partial charge in [-0.05, 0) is 44.7 Å². The van der Waals surface area contributed by atoms with Crippen molar-refractivity contribution in [3.63, 3.8) is 0 Å². The SMILES string of the molecule is Cc1noc(C)c1COc1ccccc1N1CCC[C@H](C)C1. The van der Waals surface area contributed by atoms with E-state index in [4.69, 9.17) is 9.26 Å². The fourth-order valence-electron chi connectivity index (χ4n) is 3.11. The molecule has 1 aromatic heterocycles. The molecule has 0 N–H and O–H groups in total. The van der Waals surface area contributed by atoms with E-state index < -0.39 is 0 Å². The smallest absolute Gasteiger partial charge is 0.143 e. The molecule has 0 amide bonds. The van der Waals surface area contributed by atoms with Crippen molar-refractivity contribution in [2.24, 2.45) is 5.92 Å². The summed E-state index contributed by atoms with van der Waals surface area (Å²) in [6.07, 6.45) is 2.57. The largest absolute Gasteiger partial charge is 0.487 e. The first kappa shape index (κ1) is 14.9. The molecule has 2 aromatic rings. The molecule has 1 aromatic carbocycles. The van der Waals surface area contributed by atoms with E-state index in [9.17, 15) is 0 Å². The summed E-state index contributed by atoms with van der Waals surface area (Å²) in [7, 11) is 0. The summed E-state index contributed by atoms with van der Waals surface area (Å²) in [6.45, 7) is 8.91. The normalized spacial score (nSPS) is 18.5. The van der Waals surface area contributed by atoms with E-state index in [2.05, 4.69) is 29.1 Å². The van der Waals surface area contributed by atoms with Crippen molar-refractivity contribution in [3.05, 3.63) is 41.3 Å². The minimum atomic E-state index is 0.502. The third kappa shape index (κ3) is 3.11. The Morgan fingerprint density at radius 2 is 2.14 bits per heavy atom. The monoisotopic (exact) mass is 300 g/mol. The number of ether oxygens (including phenoxy) is 1. The van der Waals surface area contributed by atoms with Crippen molar-refractivity contribution in [2.45, 2.75) is 40.2 Å². The summed E-state index contributed by atoms with van der Waals surface area (Å²) in [5.74, 6) is 2.52. The molecule has 22 heavy (non-hydrogen) atoms. The van der Waals surface area contributed by atoms with Crippen LogP contribution in [0.15, 0.2) is 28.8 Å². The second kappa shape index (κ2) is 6.42. The van der Waals surface area contributed by atoms with Gasteiger partial charge >= 0.3 is 0 Å². The predicted molar refractivity (Wildman–Crippen MR) is 87.4 cm³/mol. The lowest BCUT2D eigenvalue weighted by Crippen LogP contribution is -2.34. The number of nitrogens with zero attached hydrogens (tertiary/aromatic N) is 2. The zero-order chi connectivity index (χ0) is 15.5. The molecule has 1 atom stereocenters. The standard InChI is InChI=1S/C18H24N2O2/c1-13-7-6-10-20(11-13)17-8-4-5-9-18(17)21-12-16-14(2)19-22-15(16)3/h4-5,8-9,13H,6-7,10-12H2,1-3H3/t13-/m0/s1. The number of rotatable bonds is 4. The van der Waals surface area contributed by atoms with Crippen molar-refractivity contribution >= 4 is 5.69 Å². The summed E-state index contributed by atoms with van der Waals surface area (Å²) in [6, 6.07) is 8.31. The Balaban J connectivity index is 1.76. The molecule has 118 valence electrons. The van der Waals surface area contributed by atoms with Gasteiger partial charge in [0, 0.05) is 13.1 Å². The maximum absolute atomic E-state index is 6.09. The van der Waals surface area contributed by atoms with Crippen LogP contribution < -0.4 is 9.64 Å². The maximum Gasteiger partial charge on any atom is 0.143 e. The number of piperidine rings is 1. The average Bonchev–Trinajstić information content (AvgIpc) is 2.84. The van der Waals surface area contributed by atoms with Crippen LogP contribution in [0.4, 0.5) is 5.69 Å². The third-order valence-electron chi connectivity index (χ3n) is 4.42. The Morgan fingerprint density at radius 3 is 2.86 bits per heavy atom. The Kier molecular flexibility index (Phi) is 4.36. The van der Waals surface area contributed by atoms with Gasteiger partial charge in [-0.25, -0.2) is 0 Å². The molecule has 1 fully saturated rings. The summed E-state index contributed by atoms with van der Waals surface area (Å²) in [5, 5.41) is 3.99. The number of aromatic nitrogens is 1. The molecule has 2 heterocycles. The maximum atomic E-state index is 6.09. The Morgan fingerprint density at radius 1 is 1.32 bits per heavy atom. The fraction of sp³-hybridized carbons (Fsp3) is 0.500. The van der Waals surface area contributed by atoms with Gasteiger partial charge in [0.2, 0.25) is 0 Å². The lowest BCUT2D eigenvalue weighted by atomic mass is 9.99. The topological polar surface area (TPSA) is 38.5 Å². The van der Waals surface area contributed by atoms with E-state index >= 15 is 0 Å². The quantitative estimate of drug-likeness (QED) is 0.852. The van der Waals surface area contributed by atoms with Crippen LogP contribution in [0.3, 0.4) is 0 Å². The summed E-state index contributed by atoms with van der Waals surface area (Å²) in [5.41, 5.74) is 3.14. The van der Waals surface area contributed by atoms with E-state index in [1.165, 1.54) is 18.5 Å². The Bertz CT molecular complexity index is 616. The van der Waals surface area contributed by atoms with Crippen molar-refractivity contribution in [1.29, 1.82) is 0 Å². The molecule has 0 radical (unpaired) electrons. The van der Waals surface area contributed by atoms with Crippen molar-refractivity contribution in [1.82, 2.24) is 5.16 Å². The molecule has 3 rings (SSSR count). The van der Waals surface area contributed by atoms with Gasteiger partial charge in [-0.2, -0.15) is 0 Å². The van der Waals surface area contributed by atoms with E-state index in [-0.39, 0.29) is 0 Å². The Labute approximate surface area is 132 Å². The number of benzene rings is 1. The van der Waals surface area contributed by atoms with E-state index in [0.717, 1.165) is 41.8 Å². The average molecular weight is 300 g/mol. The Hall–Kier alpha value is -1.97. The minimum Gasteiger partial charge on any atom is -0.487 e. The van der Waals surface area contributed by atoms with Crippen LogP contribution in [0, 0.1) is 19.8 Å². The lowest BCUT2D eigenvalue weighted by Gasteiger charge is -2.33. The molecule has 0 aliphatic carbocycles. The second-order valence-electron chi connectivity index (χ2n) is 6.25. The van der Waals surface area contributed by atoms with Gasteiger partial charge in [-0.3, -0.25) is 0 Å². The van der Waals surface area contributed by atoms with Crippen LogP contribution in [-0.4, -0.2) is 18.2 Å². The van der Waals surface area contributed by atoms with Crippen LogP contribution in [0.5, 0.6) is 5.75 Å². The van der Waals surface area contributed by atoms with E-state index in [1.807, 2.05) is 26.0 Å². The molecule has 1 aliphatic rings. The second-order valence-corrected chi connectivity index (χ2v) is 6.25. The summed E-state index contributed by atoms with van der Waals surface area (Å²) >= 11 is 0. The van der Waals surface area contributed by atoms with Crippen LogP contribution >= 0.6 is 0 Å². The van der Waals surface area contributed by atoms with Gasteiger partial charge in [-0.15, -0.1) is 0 Å². The highest BCUT2D eigenvalue weighted by atomic mass is 16.5. The highest BCUT2D eigenvalue weighted by Crippen LogP contribution is 2.32. The third-order valence-corrected chi connectivity index (χ3v) is 4.42. The van der Waals surface area contributed by atoms with Crippen LogP contribution in [0.2, 0.25) is 0 Å². The number of anilines is 1. The highest BCUT2D eigenvalue weighted by molar-refractivity contribution is 5.58. The van der Waals surface area contributed by atoms with Gasteiger partial charge in [-0.1, -0.05) is 24.2 Å². The molecule has 4 heteroatoms. The number of para-hydroxylation sites is 2. The summed E-state index contributed by atoms with van der Waals surface area (Å²) < 4.78 is 11.3. The molecule has 1 aliphatic heterocycles.